The molecule has 0 aliphatic rings. The normalized spacial score (nSPS) is 9.08. The van der Waals surface area contributed by atoms with Crippen LogP contribution in [0.25, 0.3) is 0 Å². The van der Waals surface area contributed by atoms with Crippen LogP contribution in [0.2, 0.25) is 0 Å². The van der Waals surface area contributed by atoms with E-state index in [0.29, 0.717) is 0 Å². The minimum absolute atomic E-state index is 0.750. The van der Waals surface area contributed by atoms with Crippen LogP contribution in [0, 0.1) is 0 Å². The van der Waals surface area contributed by atoms with Gasteiger partial charge in [0.25, 0.3) is 0 Å². The number of hydrogen-bond donors (Lipinski definition) is 1. The van der Waals surface area contributed by atoms with Gasteiger partial charge in [-0.15, -0.1) is 0 Å². The lowest BCUT2D eigenvalue weighted by Crippen LogP contribution is -1.87. The van der Waals surface area contributed by atoms with Gasteiger partial charge in [-0.2, -0.15) is 0 Å². The molecule has 0 fully saturated rings. The van der Waals surface area contributed by atoms with E-state index in [0.717, 1.165) is 12.1 Å². The molecule has 0 aliphatic carbocycles. The van der Waals surface area contributed by atoms with Gasteiger partial charge in [0, 0.05) is 0 Å². The van der Waals surface area contributed by atoms with Crippen molar-refractivity contribution in [2.24, 2.45) is 5.73 Å². The molecule has 0 aromatic carbocycles. The van der Waals surface area contributed by atoms with Gasteiger partial charge >= 0.3 is 0 Å². The molecular formula is C12H23N. The zero-order valence-electron chi connectivity index (χ0n) is 9.65. The Hall–Kier alpha value is -0.820. The fourth-order valence-corrected chi connectivity index (χ4v) is 0.434. The van der Waals surface area contributed by atoms with E-state index in [1.807, 2.05) is 19.9 Å². The second-order valence-electron chi connectivity index (χ2n) is 3.27. The first-order chi connectivity index (χ1) is 5.95. The molecule has 13 heavy (non-hydrogen) atoms. The first-order valence-electron chi connectivity index (χ1n) is 4.63. The molecule has 76 valence electrons. The van der Waals surface area contributed by atoms with Crippen molar-refractivity contribution in [2.45, 2.75) is 34.6 Å². The van der Waals surface area contributed by atoms with Gasteiger partial charge in [0.05, 0.1) is 0 Å². The van der Waals surface area contributed by atoms with Crippen LogP contribution >= 0.6 is 0 Å². The summed E-state index contributed by atoms with van der Waals surface area (Å²) in [4.78, 5) is 0. The van der Waals surface area contributed by atoms with Crippen molar-refractivity contribution < 1.29 is 0 Å². The van der Waals surface area contributed by atoms with E-state index in [-0.39, 0.29) is 0 Å². The second-order valence-corrected chi connectivity index (χ2v) is 3.27. The van der Waals surface area contributed by atoms with E-state index in [4.69, 9.17) is 5.73 Å². The third-order valence-corrected chi connectivity index (χ3v) is 1.41. The smallest absolute Gasteiger partial charge is 0.0106 e. The summed E-state index contributed by atoms with van der Waals surface area (Å²) in [6, 6.07) is 0. The Morgan fingerprint density at radius 3 is 1.77 bits per heavy atom. The molecule has 0 aliphatic heterocycles. The van der Waals surface area contributed by atoms with Crippen molar-refractivity contribution >= 4 is 0 Å². The lowest BCUT2D eigenvalue weighted by molar-refractivity contribution is 1.14. The zero-order chi connectivity index (χ0) is 10.9. The van der Waals surface area contributed by atoms with Gasteiger partial charge in [-0.05, 0) is 34.2 Å². The number of allylic oxidation sites excluding steroid dienone is 5. The lowest BCUT2D eigenvalue weighted by Gasteiger charge is -1.94. The van der Waals surface area contributed by atoms with Crippen LogP contribution in [-0.4, -0.2) is 6.54 Å². The summed E-state index contributed by atoms with van der Waals surface area (Å²) >= 11 is 0. The fraction of sp³-hybridized carbons (Fsp3) is 0.500. The number of hydrogen-bond acceptors (Lipinski definition) is 1. The molecule has 0 aromatic heterocycles. The molecule has 0 atom stereocenters. The molecule has 0 aromatic rings. The molecule has 0 radical (unpaired) electrons. The maximum absolute atomic E-state index is 4.85. The van der Waals surface area contributed by atoms with Crippen LogP contribution in [0.3, 0.4) is 0 Å². The Kier molecular flexibility index (Phi) is 10.5. The third-order valence-electron chi connectivity index (χ3n) is 1.41. The summed E-state index contributed by atoms with van der Waals surface area (Å²) in [7, 11) is 0. The first kappa shape index (κ1) is 14.7. The highest BCUT2D eigenvalue weighted by molar-refractivity contribution is 5.26. The molecule has 0 heterocycles. The van der Waals surface area contributed by atoms with Gasteiger partial charge in [0.2, 0.25) is 0 Å². The first-order valence-corrected chi connectivity index (χ1v) is 4.63. The summed E-state index contributed by atoms with van der Waals surface area (Å²) in [6.45, 7) is 14.7. The Bertz CT molecular complexity index is 193. The van der Waals surface area contributed by atoms with E-state index in [2.05, 4.69) is 33.4 Å². The largest absolute Gasteiger partial charge is 0.331 e. The maximum atomic E-state index is 4.85. The van der Waals surface area contributed by atoms with Gasteiger partial charge in [-0.25, -0.2) is 0 Å². The van der Waals surface area contributed by atoms with Crippen LogP contribution in [0.15, 0.2) is 35.5 Å². The third kappa shape index (κ3) is 14.1. The lowest BCUT2D eigenvalue weighted by atomic mass is 10.1. The van der Waals surface area contributed by atoms with Crippen molar-refractivity contribution in [3.8, 4) is 0 Å². The van der Waals surface area contributed by atoms with E-state index < -0.39 is 0 Å². The summed E-state index contributed by atoms with van der Waals surface area (Å²) in [5, 5.41) is 0. The molecule has 0 amide bonds. The molecule has 2 N–H and O–H groups in total. The molecule has 0 spiro atoms. The Labute approximate surface area is 83.0 Å². The Balaban J connectivity index is 0. The van der Waals surface area contributed by atoms with Gasteiger partial charge in [0.1, 0.15) is 0 Å². The van der Waals surface area contributed by atoms with E-state index in [1.54, 1.807) is 0 Å². The molecule has 1 nitrogen and oxygen atoms in total. The second kappa shape index (κ2) is 9.27. The standard InChI is InChI=1S/C10H16.C2H7N/c1-8(2)6-7-10(5)9(3)4;1-2-3/h6-7H,1H2,2-5H3;2-3H2,1H3/b7-6-;. The van der Waals surface area contributed by atoms with Gasteiger partial charge in [-0.1, -0.05) is 42.4 Å². The molecule has 0 rings (SSSR count). The molecular weight excluding hydrogens is 158 g/mol. The Morgan fingerprint density at radius 2 is 1.54 bits per heavy atom. The van der Waals surface area contributed by atoms with E-state index >= 15 is 0 Å². The van der Waals surface area contributed by atoms with Crippen molar-refractivity contribution in [1.29, 1.82) is 0 Å². The summed E-state index contributed by atoms with van der Waals surface area (Å²) in [5.41, 5.74) is 8.63. The average molecular weight is 181 g/mol. The van der Waals surface area contributed by atoms with Crippen molar-refractivity contribution in [3.63, 3.8) is 0 Å². The van der Waals surface area contributed by atoms with Gasteiger partial charge in [-0.3, -0.25) is 0 Å². The highest BCUT2D eigenvalue weighted by Gasteiger charge is 1.83. The highest BCUT2D eigenvalue weighted by Crippen LogP contribution is 2.04. The molecule has 0 unspecified atom stereocenters. The minimum atomic E-state index is 0.750. The van der Waals surface area contributed by atoms with E-state index in [9.17, 15) is 0 Å². The predicted octanol–water partition coefficient (Wildman–Crippen LogP) is 3.44. The van der Waals surface area contributed by atoms with Gasteiger partial charge < -0.3 is 5.73 Å². The quantitative estimate of drug-likeness (QED) is 0.649. The highest BCUT2D eigenvalue weighted by atomic mass is 14.5. The van der Waals surface area contributed by atoms with Crippen LogP contribution in [0.5, 0.6) is 0 Å². The SMILES string of the molecule is C=C(C)/C=C\C(C)=C(C)C.CCN. The van der Waals surface area contributed by atoms with Crippen LogP contribution < -0.4 is 5.73 Å². The molecule has 1 heteroatoms. The summed E-state index contributed by atoms with van der Waals surface area (Å²) in [5.74, 6) is 0. The minimum Gasteiger partial charge on any atom is -0.331 e. The monoisotopic (exact) mass is 181 g/mol. The topological polar surface area (TPSA) is 26.0 Å². The fourth-order valence-electron chi connectivity index (χ4n) is 0.434. The number of nitrogens with two attached hydrogens (primary N) is 1. The molecule has 0 bridgehead atoms. The van der Waals surface area contributed by atoms with Crippen molar-refractivity contribution in [1.82, 2.24) is 0 Å². The van der Waals surface area contributed by atoms with Crippen molar-refractivity contribution in [3.05, 3.63) is 35.5 Å². The van der Waals surface area contributed by atoms with Crippen LogP contribution in [0.4, 0.5) is 0 Å². The summed E-state index contributed by atoms with van der Waals surface area (Å²) < 4.78 is 0. The predicted molar refractivity (Wildman–Crippen MR) is 62.7 cm³/mol. The molecule has 0 saturated heterocycles. The average Bonchev–Trinajstić information content (AvgIpc) is 2.01. The Morgan fingerprint density at radius 1 is 1.15 bits per heavy atom. The van der Waals surface area contributed by atoms with Crippen LogP contribution in [0.1, 0.15) is 34.6 Å². The number of rotatable bonds is 2. The van der Waals surface area contributed by atoms with Gasteiger partial charge in [0.15, 0.2) is 0 Å². The zero-order valence-corrected chi connectivity index (χ0v) is 9.65. The van der Waals surface area contributed by atoms with Crippen LogP contribution in [-0.2, 0) is 0 Å². The van der Waals surface area contributed by atoms with Crippen molar-refractivity contribution in [2.75, 3.05) is 6.54 Å². The molecule has 0 saturated carbocycles. The maximum Gasteiger partial charge on any atom is -0.0106 e. The summed E-state index contributed by atoms with van der Waals surface area (Å²) in [6.07, 6.45) is 4.12. The van der Waals surface area contributed by atoms with E-state index in [1.165, 1.54) is 11.1 Å².